The van der Waals surface area contributed by atoms with E-state index < -0.39 is 0 Å². The molecule has 1 aromatic carbocycles. The molecule has 1 saturated carbocycles. The van der Waals surface area contributed by atoms with Gasteiger partial charge in [0.1, 0.15) is 5.82 Å². The quantitative estimate of drug-likeness (QED) is 0.846. The van der Waals surface area contributed by atoms with Crippen molar-refractivity contribution in [2.45, 2.75) is 38.6 Å². The van der Waals surface area contributed by atoms with Crippen LogP contribution in [0.4, 0.5) is 10.1 Å². The van der Waals surface area contributed by atoms with Crippen LogP contribution in [0.1, 0.15) is 33.1 Å². The molecule has 1 aliphatic rings. The molecule has 0 aliphatic heterocycles. The molecule has 3 N–H and O–H groups in total. The number of nitrogens with one attached hydrogen (secondary N) is 1. The first-order valence-electron chi connectivity index (χ1n) is 6.23. The van der Waals surface area contributed by atoms with Gasteiger partial charge in [0.05, 0.1) is 5.54 Å². The molecule has 0 amide bonds. The van der Waals surface area contributed by atoms with Crippen molar-refractivity contribution in [3.05, 3.63) is 30.1 Å². The Kier molecular flexibility index (Phi) is 3.13. The monoisotopic (exact) mass is 236 g/mol. The second-order valence-electron chi connectivity index (χ2n) is 5.66. The van der Waals surface area contributed by atoms with Gasteiger partial charge >= 0.3 is 0 Å². The van der Waals surface area contributed by atoms with Crippen molar-refractivity contribution in [3.63, 3.8) is 0 Å². The van der Waals surface area contributed by atoms with E-state index in [4.69, 9.17) is 5.73 Å². The molecule has 1 unspecified atom stereocenters. The molecule has 0 radical (unpaired) electrons. The molecular formula is C14H21FN2. The Morgan fingerprint density at radius 2 is 1.88 bits per heavy atom. The molecule has 1 aromatic rings. The van der Waals surface area contributed by atoms with Gasteiger partial charge in [-0.05, 0) is 42.5 Å². The minimum absolute atomic E-state index is 0.0647. The maximum absolute atomic E-state index is 12.9. The number of hydrogen-bond acceptors (Lipinski definition) is 2. The molecule has 94 valence electrons. The lowest BCUT2D eigenvalue weighted by molar-refractivity contribution is 0.239. The SMILES string of the molecule is CC1(C)CCCC1(CN)Nc1ccc(F)cc1. The minimum atomic E-state index is -0.206. The van der Waals surface area contributed by atoms with Crippen LogP contribution in [0.15, 0.2) is 24.3 Å². The third kappa shape index (κ3) is 2.16. The lowest BCUT2D eigenvalue weighted by Gasteiger charge is -2.42. The van der Waals surface area contributed by atoms with Gasteiger partial charge in [-0.15, -0.1) is 0 Å². The Balaban J connectivity index is 2.23. The first-order valence-corrected chi connectivity index (χ1v) is 6.23. The van der Waals surface area contributed by atoms with Crippen LogP contribution in [-0.4, -0.2) is 12.1 Å². The predicted molar refractivity (Wildman–Crippen MR) is 69.4 cm³/mol. The summed E-state index contributed by atoms with van der Waals surface area (Å²) in [5.41, 5.74) is 7.05. The molecule has 2 rings (SSSR count). The highest BCUT2D eigenvalue weighted by Crippen LogP contribution is 2.47. The van der Waals surface area contributed by atoms with Gasteiger partial charge in [-0.1, -0.05) is 20.3 Å². The first-order chi connectivity index (χ1) is 7.99. The first kappa shape index (κ1) is 12.4. The number of hydrogen-bond donors (Lipinski definition) is 2. The Morgan fingerprint density at radius 1 is 1.24 bits per heavy atom. The fraction of sp³-hybridized carbons (Fsp3) is 0.571. The van der Waals surface area contributed by atoms with Crippen LogP contribution >= 0.6 is 0 Å². The summed E-state index contributed by atoms with van der Waals surface area (Å²) in [6, 6.07) is 6.52. The summed E-state index contributed by atoms with van der Waals surface area (Å²) in [4.78, 5) is 0. The second-order valence-corrected chi connectivity index (χ2v) is 5.66. The molecular weight excluding hydrogens is 215 g/mol. The van der Waals surface area contributed by atoms with Gasteiger partial charge in [0.25, 0.3) is 0 Å². The number of anilines is 1. The maximum atomic E-state index is 12.9. The summed E-state index contributed by atoms with van der Waals surface area (Å²) in [6.45, 7) is 5.12. The standard InChI is InChI=1S/C14H21FN2/c1-13(2)8-3-9-14(13,10-16)17-12-6-4-11(15)5-7-12/h4-7,17H,3,8-10,16H2,1-2H3. The zero-order valence-electron chi connectivity index (χ0n) is 10.6. The largest absolute Gasteiger partial charge is 0.378 e. The van der Waals surface area contributed by atoms with Crippen LogP contribution in [0.2, 0.25) is 0 Å². The average molecular weight is 236 g/mol. The van der Waals surface area contributed by atoms with Crippen molar-refractivity contribution in [3.8, 4) is 0 Å². The van der Waals surface area contributed by atoms with Gasteiger partial charge in [0.15, 0.2) is 0 Å². The van der Waals surface area contributed by atoms with E-state index in [1.165, 1.54) is 25.0 Å². The highest BCUT2D eigenvalue weighted by molar-refractivity contribution is 5.47. The fourth-order valence-electron chi connectivity index (χ4n) is 2.88. The normalized spacial score (nSPS) is 27.1. The van der Waals surface area contributed by atoms with Crippen molar-refractivity contribution in [2.24, 2.45) is 11.1 Å². The number of halogens is 1. The minimum Gasteiger partial charge on any atom is -0.378 e. The molecule has 1 atom stereocenters. The highest BCUT2D eigenvalue weighted by atomic mass is 19.1. The summed E-state index contributed by atoms with van der Waals surface area (Å²) in [7, 11) is 0. The Hall–Kier alpha value is -1.09. The second kappa shape index (κ2) is 4.30. The molecule has 0 saturated heterocycles. The van der Waals surface area contributed by atoms with Crippen LogP contribution < -0.4 is 11.1 Å². The van der Waals surface area contributed by atoms with Gasteiger partial charge in [-0.3, -0.25) is 0 Å². The van der Waals surface area contributed by atoms with E-state index in [2.05, 4.69) is 19.2 Å². The smallest absolute Gasteiger partial charge is 0.123 e. The van der Waals surface area contributed by atoms with E-state index in [-0.39, 0.29) is 16.8 Å². The van der Waals surface area contributed by atoms with E-state index >= 15 is 0 Å². The third-order valence-corrected chi connectivity index (χ3v) is 4.28. The van der Waals surface area contributed by atoms with E-state index in [1.54, 1.807) is 12.1 Å². The molecule has 0 heterocycles. The topological polar surface area (TPSA) is 38.0 Å². The lowest BCUT2D eigenvalue weighted by Crippen LogP contribution is -2.53. The van der Waals surface area contributed by atoms with E-state index in [1.807, 2.05) is 0 Å². The van der Waals surface area contributed by atoms with Crippen LogP contribution in [-0.2, 0) is 0 Å². The van der Waals surface area contributed by atoms with Crippen LogP contribution in [0.25, 0.3) is 0 Å². The molecule has 2 nitrogen and oxygen atoms in total. The summed E-state index contributed by atoms with van der Waals surface area (Å²) in [5.74, 6) is -0.206. The Morgan fingerprint density at radius 3 is 2.35 bits per heavy atom. The molecule has 0 spiro atoms. The maximum Gasteiger partial charge on any atom is 0.123 e. The zero-order valence-corrected chi connectivity index (χ0v) is 10.6. The molecule has 1 aliphatic carbocycles. The summed E-state index contributed by atoms with van der Waals surface area (Å²) >= 11 is 0. The molecule has 1 fully saturated rings. The predicted octanol–water partition coefficient (Wildman–Crippen LogP) is 3.15. The van der Waals surface area contributed by atoms with Crippen molar-refractivity contribution >= 4 is 5.69 Å². The van der Waals surface area contributed by atoms with Gasteiger partial charge in [-0.2, -0.15) is 0 Å². The molecule has 3 heteroatoms. The van der Waals surface area contributed by atoms with Gasteiger partial charge in [0.2, 0.25) is 0 Å². The van der Waals surface area contributed by atoms with Crippen molar-refractivity contribution in [1.29, 1.82) is 0 Å². The summed E-state index contributed by atoms with van der Waals surface area (Å²) in [6.07, 6.45) is 3.45. The van der Waals surface area contributed by atoms with Crippen LogP contribution in [0.5, 0.6) is 0 Å². The average Bonchev–Trinajstić information content (AvgIpc) is 2.58. The number of nitrogens with two attached hydrogens (primary N) is 1. The molecule has 0 bridgehead atoms. The molecule has 0 aromatic heterocycles. The van der Waals surface area contributed by atoms with Crippen molar-refractivity contribution in [2.75, 3.05) is 11.9 Å². The number of rotatable bonds is 3. The molecule has 17 heavy (non-hydrogen) atoms. The van der Waals surface area contributed by atoms with Crippen LogP contribution in [0, 0.1) is 11.2 Å². The van der Waals surface area contributed by atoms with E-state index in [9.17, 15) is 4.39 Å². The van der Waals surface area contributed by atoms with Gasteiger partial charge in [0, 0.05) is 12.2 Å². The fourth-order valence-corrected chi connectivity index (χ4v) is 2.88. The lowest BCUT2D eigenvalue weighted by atomic mass is 9.74. The highest BCUT2D eigenvalue weighted by Gasteiger charge is 2.47. The van der Waals surface area contributed by atoms with Crippen molar-refractivity contribution < 1.29 is 4.39 Å². The van der Waals surface area contributed by atoms with Gasteiger partial charge in [-0.25, -0.2) is 4.39 Å². The summed E-state index contributed by atoms with van der Waals surface area (Å²) in [5, 5.41) is 3.53. The number of benzene rings is 1. The van der Waals surface area contributed by atoms with E-state index in [0.29, 0.717) is 6.54 Å². The Labute approximate surface area is 102 Å². The Bertz CT molecular complexity index is 386. The third-order valence-electron chi connectivity index (χ3n) is 4.28. The zero-order chi connectivity index (χ0) is 12.5. The van der Waals surface area contributed by atoms with Crippen LogP contribution in [0.3, 0.4) is 0 Å². The van der Waals surface area contributed by atoms with Crippen molar-refractivity contribution in [1.82, 2.24) is 0 Å². The summed E-state index contributed by atoms with van der Waals surface area (Å²) < 4.78 is 12.9. The van der Waals surface area contributed by atoms with E-state index in [0.717, 1.165) is 12.1 Å². The van der Waals surface area contributed by atoms with Gasteiger partial charge < -0.3 is 11.1 Å².